The molecular formula is C15H28N2O2. The Morgan fingerprint density at radius 2 is 2.11 bits per heavy atom. The molecule has 4 nitrogen and oxygen atoms in total. The Kier molecular flexibility index (Phi) is 5.85. The van der Waals surface area contributed by atoms with Crippen molar-refractivity contribution in [2.24, 2.45) is 11.3 Å². The van der Waals surface area contributed by atoms with Crippen LogP contribution in [0.4, 0.5) is 4.79 Å². The highest BCUT2D eigenvalue weighted by Gasteiger charge is 2.30. The lowest BCUT2D eigenvalue weighted by Crippen LogP contribution is -2.48. The van der Waals surface area contributed by atoms with E-state index < -0.39 is 6.10 Å². The lowest BCUT2D eigenvalue weighted by molar-refractivity contribution is 0.0151. The van der Waals surface area contributed by atoms with Crippen LogP contribution in [0.5, 0.6) is 0 Å². The maximum absolute atomic E-state index is 11.8. The molecule has 1 aliphatic carbocycles. The number of amides is 2. The molecule has 2 atom stereocenters. The van der Waals surface area contributed by atoms with E-state index in [0.29, 0.717) is 6.54 Å². The first-order valence-corrected chi connectivity index (χ1v) is 7.20. The number of aliphatic hydroxyl groups is 1. The Hall–Kier alpha value is -1.03. The molecule has 0 bridgehead atoms. The molecule has 3 N–H and O–H groups in total. The van der Waals surface area contributed by atoms with Crippen molar-refractivity contribution in [3.63, 3.8) is 0 Å². The number of carbonyl (C=O) groups excluding carboxylic acids is 1. The number of urea groups is 1. The Morgan fingerprint density at radius 3 is 2.63 bits per heavy atom. The molecule has 0 aromatic heterocycles. The minimum atomic E-state index is -0.426. The smallest absolute Gasteiger partial charge is 0.315 e. The van der Waals surface area contributed by atoms with Gasteiger partial charge in [0.25, 0.3) is 0 Å². The second kappa shape index (κ2) is 6.94. The molecule has 0 fully saturated rings. The molecule has 0 aromatic carbocycles. The maximum Gasteiger partial charge on any atom is 0.315 e. The van der Waals surface area contributed by atoms with Crippen LogP contribution >= 0.6 is 0 Å². The summed E-state index contributed by atoms with van der Waals surface area (Å²) in [6.45, 7) is 8.39. The third-order valence-electron chi connectivity index (χ3n) is 3.74. The third kappa shape index (κ3) is 5.23. The van der Waals surface area contributed by atoms with E-state index in [1.165, 1.54) is 0 Å². The van der Waals surface area contributed by atoms with Crippen molar-refractivity contribution in [2.45, 2.75) is 59.1 Å². The van der Waals surface area contributed by atoms with Crippen molar-refractivity contribution in [1.29, 1.82) is 0 Å². The zero-order valence-corrected chi connectivity index (χ0v) is 12.6. The van der Waals surface area contributed by atoms with E-state index >= 15 is 0 Å². The molecule has 1 aliphatic rings. The molecule has 0 aliphatic heterocycles. The molecule has 0 heterocycles. The predicted molar refractivity (Wildman–Crippen MR) is 77.9 cm³/mol. The Bertz CT molecular complexity index is 324. The van der Waals surface area contributed by atoms with Gasteiger partial charge in [0.05, 0.1) is 6.10 Å². The van der Waals surface area contributed by atoms with Crippen molar-refractivity contribution in [3.05, 3.63) is 12.2 Å². The first kappa shape index (κ1) is 16.0. The molecular weight excluding hydrogens is 240 g/mol. The van der Waals surface area contributed by atoms with Crippen molar-refractivity contribution < 1.29 is 9.90 Å². The fourth-order valence-corrected chi connectivity index (χ4v) is 2.48. The standard InChI is InChI=1S/C15H28N2O2/c1-11(2)13(18)15(3,4)10-16-14(19)17-12-8-6-5-7-9-12/h5-6,11-13,18H,7-10H2,1-4H3,(H2,16,17,19)/t12-,13+/m1/s1. The van der Waals surface area contributed by atoms with Gasteiger partial charge in [0, 0.05) is 18.0 Å². The van der Waals surface area contributed by atoms with Crippen molar-refractivity contribution in [2.75, 3.05) is 6.54 Å². The summed E-state index contributed by atoms with van der Waals surface area (Å²) >= 11 is 0. The minimum absolute atomic E-state index is 0.135. The number of hydrogen-bond donors (Lipinski definition) is 3. The van der Waals surface area contributed by atoms with E-state index in [0.717, 1.165) is 19.3 Å². The fourth-order valence-electron chi connectivity index (χ4n) is 2.48. The molecule has 0 radical (unpaired) electrons. The molecule has 0 saturated carbocycles. The highest BCUT2D eigenvalue weighted by atomic mass is 16.3. The summed E-state index contributed by atoms with van der Waals surface area (Å²) in [5.41, 5.74) is -0.321. The normalized spacial score (nSPS) is 21.3. The van der Waals surface area contributed by atoms with Crippen LogP contribution in [-0.4, -0.2) is 29.8 Å². The number of aliphatic hydroxyl groups excluding tert-OH is 1. The summed E-state index contributed by atoms with van der Waals surface area (Å²) in [5, 5.41) is 16.0. The third-order valence-corrected chi connectivity index (χ3v) is 3.74. The van der Waals surface area contributed by atoms with Crippen LogP contribution in [0.3, 0.4) is 0 Å². The minimum Gasteiger partial charge on any atom is -0.392 e. The van der Waals surface area contributed by atoms with Gasteiger partial charge in [-0.2, -0.15) is 0 Å². The monoisotopic (exact) mass is 268 g/mol. The van der Waals surface area contributed by atoms with E-state index in [9.17, 15) is 9.90 Å². The van der Waals surface area contributed by atoms with Gasteiger partial charge in [-0.25, -0.2) is 4.79 Å². The molecule has 0 unspecified atom stereocenters. The van der Waals surface area contributed by atoms with Gasteiger partial charge in [0.1, 0.15) is 0 Å². The fraction of sp³-hybridized carbons (Fsp3) is 0.800. The molecule has 0 spiro atoms. The van der Waals surface area contributed by atoms with Gasteiger partial charge in [-0.15, -0.1) is 0 Å². The Labute approximate surface area is 116 Å². The summed E-state index contributed by atoms with van der Waals surface area (Å²) in [7, 11) is 0. The molecule has 0 saturated heterocycles. The summed E-state index contributed by atoms with van der Waals surface area (Å²) < 4.78 is 0. The first-order chi connectivity index (χ1) is 8.83. The highest BCUT2D eigenvalue weighted by molar-refractivity contribution is 5.74. The predicted octanol–water partition coefficient (Wildman–Crippen LogP) is 2.44. The van der Waals surface area contributed by atoms with Crippen LogP contribution in [0, 0.1) is 11.3 Å². The quantitative estimate of drug-likeness (QED) is 0.671. The average Bonchev–Trinajstić information content (AvgIpc) is 2.36. The van der Waals surface area contributed by atoms with Crippen LogP contribution in [-0.2, 0) is 0 Å². The maximum atomic E-state index is 11.8. The summed E-state index contributed by atoms with van der Waals surface area (Å²) in [4.78, 5) is 11.8. The van der Waals surface area contributed by atoms with Crippen LogP contribution in [0.25, 0.3) is 0 Å². The van der Waals surface area contributed by atoms with Crippen LogP contribution in [0.15, 0.2) is 12.2 Å². The summed E-state index contributed by atoms with van der Waals surface area (Å²) in [6, 6.07) is 0.104. The summed E-state index contributed by atoms with van der Waals surface area (Å²) in [6.07, 6.45) is 6.78. The zero-order chi connectivity index (χ0) is 14.5. The highest BCUT2D eigenvalue weighted by Crippen LogP contribution is 2.25. The SMILES string of the molecule is CC(C)[C@H](O)C(C)(C)CNC(=O)N[C@@H]1CC=CCC1. The van der Waals surface area contributed by atoms with Crippen LogP contribution in [0.1, 0.15) is 47.0 Å². The van der Waals surface area contributed by atoms with Gasteiger partial charge in [-0.1, -0.05) is 39.8 Å². The van der Waals surface area contributed by atoms with Crippen molar-refractivity contribution in [1.82, 2.24) is 10.6 Å². The van der Waals surface area contributed by atoms with Crippen molar-refractivity contribution in [3.8, 4) is 0 Å². The van der Waals surface area contributed by atoms with Gasteiger partial charge in [-0.3, -0.25) is 0 Å². The lowest BCUT2D eigenvalue weighted by atomic mass is 9.81. The molecule has 19 heavy (non-hydrogen) atoms. The molecule has 2 amide bonds. The Balaban J connectivity index is 2.34. The van der Waals surface area contributed by atoms with E-state index in [1.54, 1.807) is 0 Å². The number of allylic oxidation sites excluding steroid dienone is 1. The lowest BCUT2D eigenvalue weighted by Gasteiger charge is -2.33. The largest absolute Gasteiger partial charge is 0.392 e. The first-order valence-electron chi connectivity index (χ1n) is 7.20. The number of carbonyl (C=O) groups is 1. The van der Waals surface area contributed by atoms with E-state index in [1.807, 2.05) is 27.7 Å². The molecule has 1 rings (SSSR count). The topological polar surface area (TPSA) is 61.4 Å². The van der Waals surface area contributed by atoms with Gasteiger partial charge >= 0.3 is 6.03 Å². The molecule has 4 heteroatoms. The number of rotatable bonds is 5. The van der Waals surface area contributed by atoms with Crippen molar-refractivity contribution >= 4 is 6.03 Å². The van der Waals surface area contributed by atoms with E-state index in [4.69, 9.17) is 0 Å². The van der Waals surface area contributed by atoms with Gasteiger partial charge < -0.3 is 15.7 Å². The number of hydrogen-bond acceptors (Lipinski definition) is 2. The average molecular weight is 268 g/mol. The summed E-state index contributed by atoms with van der Waals surface area (Å²) in [5.74, 6) is 0.184. The van der Waals surface area contributed by atoms with Gasteiger partial charge in [-0.05, 0) is 25.2 Å². The van der Waals surface area contributed by atoms with Gasteiger partial charge in [0.15, 0.2) is 0 Å². The number of nitrogens with one attached hydrogen (secondary N) is 2. The zero-order valence-electron chi connectivity index (χ0n) is 12.6. The Morgan fingerprint density at radius 1 is 1.42 bits per heavy atom. The molecule has 110 valence electrons. The van der Waals surface area contributed by atoms with Crippen LogP contribution in [0.2, 0.25) is 0 Å². The van der Waals surface area contributed by atoms with E-state index in [-0.39, 0.29) is 23.4 Å². The van der Waals surface area contributed by atoms with Gasteiger partial charge in [0.2, 0.25) is 0 Å². The second-order valence-corrected chi connectivity index (χ2v) is 6.49. The second-order valence-electron chi connectivity index (χ2n) is 6.49. The van der Waals surface area contributed by atoms with Crippen LogP contribution < -0.4 is 10.6 Å². The van der Waals surface area contributed by atoms with E-state index in [2.05, 4.69) is 22.8 Å². The molecule has 0 aromatic rings.